The SMILES string of the molecule is CCCNCC(=Cc1cnn(C)c1)C(C)C. The van der Waals surface area contributed by atoms with Gasteiger partial charge in [0.1, 0.15) is 0 Å². The van der Waals surface area contributed by atoms with E-state index in [9.17, 15) is 0 Å². The molecule has 90 valence electrons. The van der Waals surface area contributed by atoms with E-state index in [4.69, 9.17) is 0 Å². The van der Waals surface area contributed by atoms with Crippen LogP contribution in [0.4, 0.5) is 0 Å². The van der Waals surface area contributed by atoms with Gasteiger partial charge in [0.2, 0.25) is 0 Å². The van der Waals surface area contributed by atoms with Crippen LogP contribution >= 0.6 is 0 Å². The van der Waals surface area contributed by atoms with Gasteiger partial charge in [-0.05, 0) is 18.9 Å². The van der Waals surface area contributed by atoms with Gasteiger partial charge >= 0.3 is 0 Å². The molecule has 3 nitrogen and oxygen atoms in total. The van der Waals surface area contributed by atoms with Crippen molar-refractivity contribution in [3.05, 3.63) is 23.5 Å². The van der Waals surface area contributed by atoms with Crippen molar-refractivity contribution in [3.63, 3.8) is 0 Å². The second-order valence-corrected chi connectivity index (χ2v) is 4.50. The van der Waals surface area contributed by atoms with Crippen LogP contribution in [-0.4, -0.2) is 22.9 Å². The molecule has 1 aromatic heterocycles. The monoisotopic (exact) mass is 221 g/mol. The maximum atomic E-state index is 4.18. The van der Waals surface area contributed by atoms with E-state index in [-0.39, 0.29) is 0 Å². The van der Waals surface area contributed by atoms with Gasteiger partial charge in [-0.2, -0.15) is 5.10 Å². The van der Waals surface area contributed by atoms with Gasteiger partial charge in [-0.25, -0.2) is 0 Å². The lowest BCUT2D eigenvalue weighted by Gasteiger charge is -2.12. The molecule has 0 amide bonds. The first-order valence-corrected chi connectivity index (χ1v) is 6.03. The molecule has 0 unspecified atom stereocenters. The number of aromatic nitrogens is 2. The molecule has 1 N–H and O–H groups in total. The third kappa shape index (κ3) is 4.19. The standard InChI is InChI=1S/C13H23N3/c1-5-6-14-9-13(11(2)3)7-12-8-15-16(4)10-12/h7-8,10-11,14H,5-6,9H2,1-4H3. The van der Waals surface area contributed by atoms with Crippen LogP contribution in [0.5, 0.6) is 0 Å². The third-order valence-corrected chi connectivity index (χ3v) is 2.57. The number of nitrogens with zero attached hydrogens (tertiary/aromatic N) is 2. The highest BCUT2D eigenvalue weighted by Gasteiger charge is 2.03. The van der Waals surface area contributed by atoms with Crippen LogP contribution in [-0.2, 0) is 7.05 Å². The van der Waals surface area contributed by atoms with Crippen molar-refractivity contribution in [1.82, 2.24) is 15.1 Å². The first-order valence-electron chi connectivity index (χ1n) is 6.03. The molecule has 0 saturated carbocycles. The second kappa shape index (κ2) is 6.48. The van der Waals surface area contributed by atoms with E-state index >= 15 is 0 Å². The van der Waals surface area contributed by atoms with E-state index in [1.165, 1.54) is 17.6 Å². The average molecular weight is 221 g/mol. The maximum Gasteiger partial charge on any atom is 0.0562 e. The van der Waals surface area contributed by atoms with Crippen molar-refractivity contribution < 1.29 is 0 Å². The van der Waals surface area contributed by atoms with E-state index in [1.54, 1.807) is 0 Å². The molecule has 16 heavy (non-hydrogen) atoms. The zero-order chi connectivity index (χ0) is 12.0. The topological polar surface area (TPSA) is 29.9 Å². The van der Waals surface area contributed by atoms with Gasteiger partial charge in [0.05, 0.1) is 6.20 Å². The molecular formula is C13H23N3. The van der Waals surface area contributed by atoms with Gasteiger partial charge in [-0.15, -0.1) is 0 Å². The zero-order valence-electron chi connectivity index (χ0n) is 10.8. The molecule has 0 radical (unpaired) electrons. The number of rotatable bonds is 6. The molecule has 1 aromatic rings. The first kappa shape index (κ1) is 13.0. The molecule has 0 fully saturated rings. The Morgan fingerprint density at radius 1 is 1.56 bits per heavy atom. The molecule has 1 rings (SSSR count). The number of hydrogen-bond acceptors (Lipinski definition) is 2. The Morgan fingerprint density at radius 2 is 2.31 bits per heavy atom. The summed E-state index contributed by atoms with van der Waals surface area (Å²) < 4.78 is 1.84. The van der Waals surface area contributed by atoms with Crippen molar-refractivity contribution >= 4 is 6.08 Å². The maximum absolute atomic E-state index is 4.18. The Morgan fingerprint density at radius 3 is 2.81 bits per heavy atom. The van der Waals surface area contributed by atoms with Gasteiger partial charge in [0.25, 0.3) is 0 Å². The van der Waals surface area contributed by atoms with E-state index in [1.807, 2.05) is 24.1 Å². The molecular weight excluding hydrogens is 198 g/mol. The van der Waals surface area contributed by atoms with Crippen LogP contribution in [0.1, 0.15) is 32.8 Å². The number of hydrogen-bond donors (Lipinski definition) is 1. The summed E-state index contributed by atoms with van der Waals surface area (Å²) in [6, 6.07) is 0. The van der Waals surface area contributed by atoms with Crippen LogP contribution in [0.3, 0.4) is 0 Å². The fourth-order valence-corrected chi connectivity index (χ4v) is 1.56. The summed E-state index contributed by atoms with van der Waals surface area (Å²) in [6.45, 7) is 8.70. The summed E-state index contributed by atoms with van der Waals surface area (Å²) in [7, 11) is 1.95. The normalized spacial score (nSPS) is 12.4. The molecule has 1 heterocycles. The smallest absolute Gasteiger partial charge is 0.0562 e. The highest BCUT2D eigenvalue weighted by molar-refractivity contribution is 5.51. The van der Waals surface area contributed by atoms with Crippen LogP contribution in [0.15, 0.2) is 18.0 Å². The van der Waals surface area contributed by atoms with Crippen molar-refractivity contribution in [1.29, 1.82) is 0 Å². The van der Waals surface area contributed by atoms with E-state index in [0.717, 1.165) is 13.1 Å². The first-order chi connectivity index (χ1) is 7.63. The van der Waals surface area contributed by atoms with Crippen LogP contribution < -0.4 is 5.32 Å². The summed E-state index contributed by atoms with van der Waals surface area (Å²) in [5, 5.41) is 7.63. The predicted molar refractivity (Wildman–Crippen MR) is 69.2 cm³/mol. The minimum atomic E-state index is 0.574. The van der Waals surface area contributed by atoms with Crippen molar-refractivity contribution in [2.75, 3.05) is 13.1 Å². The molecule has 0 spiro atoms. The fourth-order valence-electron chi connectivity index (χ4n) is 1.56. The lowest BCUT2D eigenvalue weighted by Crippen LogP contribution is -2.19. The Kier molecular flexibility index (Phi) is 5.26. The Bertz CT molecular complexity index is 337. The van der Waals surface area contributed by atoms with Crippen molar-refractivity contribution in [3.8, 4) is 0 Å². The largest absolute Gasteiger partial charge is 0.313 e. The van der Waals surface area contributed by atoms with Crippen molar-refractivity contribution in [2.45, 2.75) is 27.2 Å². The van der Waals surface area contributed by atoms with Crippen LogP contribution in [0.2, 0.25) is 0 Å². The highest BCUT2D eigenvalue weighted by atomic mass is 15.2. The Balaban J connectivity index is 2.65. The Hall–Kier alpha value is -1.09. The molecule has 0 atom stereocenters. The molecule has 0 aliphatic rings. The predicted octanol–water partition coefficient (Wildman–Crippen LogP) is 2.46. The van der Waals surface area contributed by atoms with E-state index in [2.05, 4.69) is 37.3 Å². The molecule has 0 aliphatic heterocycles. The van der Waals surface area contributed by atoms with E-state index < -0.39 is 0 Å². The van der Waals surface area contributed by atoms with Gasteiger partial charge in [0, 0.05) is 25.4 Å². The summed E-state index contributed by atoms with van der Waals surface area (Å²) in [6.07, 6.45) is 7.36. The second-order valence-electron chi connectivity index (χ2n) is 4.50. The summed E-state index contributed by atoms with van der Waals surface area (Å²) in [4.78, 5) is 0. The summed E-state index contributed by atoms with van der Waals surface area (Å²) in [5.74, 6) is 0.574. The summed E-state index contributed by atoms with van der Waals surface area (Å²) >= 11 is 0. The molecule has 0 saturated heterocycles. The summed E-state index contributed by atoms with van der Waals surface area (Å²) in [5.41, 5.74) is 2.62. The third-order valence-electron chi connectivity index (χ3n) is 2.57. The van der Waals surface area contributed by atoms with Gasteiger partial charge < -0.3 is 5.32 Å². The number of aryl methyl sites for hydroxylation is 1. The lowest BCUT2D eigenvalue weighted by atomic mass is 10.0. The average Bonchev–Trinajstić information content (AvgIpc) is 2.63. The fraction of sp³-hybridized carbons (Fsp3) is 0.615. The van der Waals surface area contributed by atoms with Crippen molar-refractivity contribution in [2.24, 2.45) is 13.0 Å². The number of nitrogens with one attached hydrogen (secondary N) is 1. The molecule has 0 aliphatic carbocycles. The zero-order valence-corrected chi connectivity index (χ0v) is 10.8. The molecule has 0 aromatic carbocycles. The van der Waals surface area contributed by atoms with E-state index in [0.29, 0.717) is 5.92 Å². The lowest BCUT2D eigenvalue weighted by molar-refractivity contribution is 0.657. The van der Waals surface area contributed by atoms with Gasteiger partial charge in [-0.3, -0.25) is 4.68 Å². The minimum absolute atomic E-state index is 0.574. The minimum Gasteiger partial charge on any atom is -0.313 e. The Labute approximate surface area is 98.5 Å². The van der Waals surface area contributed by atoms with Gasteiger partial charge in [0.15, 0.2) is 0 Å². The van der Waals surface area contributed by atoms with Crippen LogP contribution in [0, 0.1) is 5.92 Å². The molecule has 3 heteroatoms. The van der Waals surface area contributed by atoms with Crippen LogP contribution in [0.25, 0.3) is 6.08 Å². The quantitative estimate of drug-likeness (QED) is 0.748. The van der Waals surface area contributed by atoms with Gasteiger partial charge in [-0.1, -0.05) is 32.4 Å². The molecule has 0 bridgehead atoms. The highest BCUT2D eigenvalue weighted by Crippen LogP contribution is 2.13.